The Hall–Kier alpha value is -9.96. The second kappa shape index (κ2) is 39.5. The summed E-state index contributed by atoms with van der Waals surface area (Å²) in [6.07, 6.45) is -9.66. The minimum absolute atomic E-state index is 0. The smallest absolute Gasteiger partial charge is 0.330 e. The molecule has 5 aromatic carbocycles. The molecule has 2 saturated heterocycles. The van der Waals surface area contributed by atoms with E-state index in [9.17, 15) is 69.9 Å². The van der Waals surface area contributed by atoms with E-state index in [0.29, 0.717) is 6.54 Å². The molecule has 0 spiro atoms. The van der Waals surface area contributed by atoms with E-state index in [-0.39, 0.29) is 76.0 Å². The number of halogens is 2. The van der Waals surface area contributed by atoms with Crippen LogP contribution in [0.15, 0.2) is 88.8 Å². The number of aromatic hydroxyl groups is 3. The zero-order valence-electron chi connectivity index (χ0n) is 65.4. The number of carboxylic acids is 1. The topological polar surface area (TPSA) is 543 Å². The number of nitrogens with one attached hydrogen (secondary N) is 8. The number of unbranched alkanes of at least 4 members (excludes halogenated alkanes) is 7. The highest BCUT2D eigenvalue weighted by Gasteiger charge is 2.52. The van der Waals surface area contributed by atoms with E-state index in [1.165, 1.54) is 25.1 Å². The molecule has 644 valence electrons. The monoisotopic (exact) mass is 1710 g/mol. The van der Waals surface area contributed by atoms with Gasteiger partial charge in [0.2, 0.25) is 53.4 Å². The number of carbonyl (C=O) groups excluding carboxylic acids is 7. The fourth-order valence-corrected chi connectivity index (χ4v) is 16.2. The van der Waals surface area contributed by atoms with Gasteiger partial charge in [-0.25, -0.2) is 4.79 Å². The van der Waals surface area contributed by atoms with Crippen LogP contribution in [0.5, 0.6) is 46.0 Å². The number of ether oxygens (including phenoxy) is 6. The normalized spacial score (nSPS) is 26.7. The molecule has 2 fully saturated rings. The van der Waals surface area contributed by atoms with Crippen LogP contribution < -0.4 is 62.7 Å². The third kappa shape index (κ3) is 21.4. The summed E-state index contributed by atoms with van der Waals surface area (Å²) in [5.41, 5.74) is 1.32. The molecule has 0 saturated carbocycles. The van der Waals surface area contributed by atoms with Crippen molar-refractivity contribution in [1.82, 2.24) is 52.4 Å². The minimum Gasteiger partial charge on any atom is -0.508 e. The van der Waals surface area contributed by atoms with E-state index in [4.69, 9.17) is 57.4 Å². The highest BCUT2D eigenvalue weighted by atomic mass is 35.5. The number of nitrogens with zero attached hydrogens (tertiary/aromatic N) is 2. The number of thioether (sulfide) groups is 1. The number of phenols is 3. The Labute approximate surface area is 698 Å². The first-order chi connectivity index (χ1) is 56.0. The number of aliphatic carboxylic acids is 1. The van der Waals surface area contributed by atoms with Crippen LogP contribution in [-0.4, -0.2) is 194 Å². The molecule has 0 aliphatic carbocycles. The van der Waals surface area contributed by atoms with Crippen LogP contribution >= 0.6 is 35.0 Å². The maximum atomic E-state index is 16.3. The van der Waals surface area contributed by atoms with Crippen LogP contribution in [-0.2, 0) is 52.6 Å². The summed E-state index contributed by atoms with van der Waals surface area (Å²) in [4.78, 5) is 134. The summed E-state index contributed by atoms with van der Waals surface area (Å²) in [6, 6.07) is 0.600. The van der Waals surface area contributed by atoms with Gasteiger partial charge < -0.3 is 117 Å². The van der Waals surface area contributed by atoms with Gasteiger partial charge in [0.15, 0.2) is 35.1 Å². The molecule has 38 heteroatoms. The van der Waals surface area contributed by atoms with E-state index < -0.39 is 230 Å². The molecular formula is C81H101Cl2N11O24S. The van der Waals surface area contributed by atoms with Crippen LogP contribution in [0.3, 0.4) is 0 Å². The minimum atomic E-state index is -2.36. The van der Waals surface area contributed by atoms with Crippen molar-refractivity contribution in [2.75, 3.05) is 12.3 Å². The second-order valence-corrected chi connectivity index (χ2v) is 32.6. The Bertz CT molecular complexity index is 4820. The zero-order chi connectivity index (χ0) is 85.5. The first kappa shape index (κ1) is 91.3. The Morgan fingerprint density at radius 3 is 1.93 bits per heavy atom. The largest absolute Gasteiger partial charge is 0.508 e. The highest BCUT2D eigenvalue weighted by molar-refractivity contribution is 7.99. The van der Waals surface area contributed by atoms with Gasteiger partial charge in [0.05, 0.1) is 34.8 Å². The maximum Gasteiger partial charge on any atom is 0.330 e. The van der Waals surface area contributed by atoms with Crippen molar-refractivity contribution in [2.24, 2.45) is 17.6 Å². The zero-order valence-corrected chi connectivity index (χ0v) is 67.7. The number of fused-ring (bicyclic) bond motifs is 15. The van der Waals surface area contributed by atoms with E-state index >= 15 is 19.2 Å². The van der Waals surface area contributed by atoms with Gasteiger partial charge in [-0.1, -0.05) is 133 Å². The third-order valence-corrected chi connectivity index (χ3v) is 22.8. The molecule has 7 aliphatic heterocycles. The molecule has 7 aliphatic rings. The number of rotatable bonds is 24. The first-order valence-corrected chi connectivity index (χ1v) is 40.5. The number of hydrogen-bond acceptors (Lipinski definition) is 27. The summed E-state index contributed by atoms with van der Waals surface area (Å²) >= 11 is 15.2. The number of aliphatic hydroxyl groups excluding tert-OH is 5. The lowest BCUT2D eigenvalue weighted by molar-refractivity contribution is -0.330. The molecule has 18 atom stereocenters. The van der Waals surface area contributed by atoms with Gasteiger partial charge in [0.1, 0.15) is 89.1 Å². The number of carboxylic acid groups (broad SMARTS) is 1. The molecule has 0 radical (unpaired) electrons. The van der Waals surface area contributed by atoms with Gasteiger partial charge in [0.25, 0.3) is 5.56 Å². The standard InChI is InChI=1S/C80H97Cl2N11O24S.CH4/c1-8-9-10-11-12-13-14-15-22-84-80(7)32-56(112-37(6)69(80)102)116-68-66(101)65(100)54(33-118-79-91-71(104)36(5)92-93-79)115-78(68)117-67-52-27-41-28-53(67)114-51-21-18-40(26-46(51)82)64(99)62-76(109)88-60(77(110)111)44-29-42(94)30-49(96)57(44)43-24-38(16-19-48(43)95)58(73(106)90-62)87-74(107)59(41)86-72(105)47(31-55(83)97)85-75(108)61(89-70(103)35(4)23-34(2)3)63(98)39-17-20-50(113-52)45(81)25-39;/h16-21,24-30,34-35,37,47,54,56,58-66,68-69,78,84,94-96,98-102H,8-15,22-23,31-33H2,1-7H3,(H2,83,97)(H,85,108)(H,86,105)(H,87,107)(H,88,109)(H,89,103)(H,90,106)(H,110,111)(H,91,93,104);1H4/t35-,37?,47-,54?,56?,58?,59+,60+,61+,62-,63+,64+,65?,66?,68?,69?,78?,80?;/m0./s1. The van der Waals surface area contributed by atoms with Gasteiger partial charge in [0, 0.05) is 46.4 Å². The number of nitrogens with two attached hydrogens (primary N) is 1. The summed E-state index contributed by atoms with van der Waals surface area (Å²) in [5, 5.41) is 132. The lowest BCUT2D eigenvalue weighted by atomic mass is 9.85. The average molecular weight is 1720 g/mol. The van der Waals surface area contributed by atoms with Crippen LogP contribution in [0.4, 0.5) is 0 Å². The Morgan fingerprint density at radius 1 is 0.697 bits per heavy atom. The molecule has 11 bridgehead atoms. The number of hydrogen-bond donors (Lipinski definition) is 18. The van der Waals surface area contributed by atoms with Gasteiger partial charge in [-0.15, -0.1) is 10.2 Å². The van der Waals surface area contributed by atoms with Crippen molar-refractivity contribution in [3.05, 3.63) is 133 Å². The van der Waals surface area contributed by atoms with Gasteiger partial charge in [-0.2, -0.15) is 0 Å². The number of aliphatic hydroxyl groups is 5. The quantitative estimate of drug-likeness (QED) is 0.0239. The van der Waals surface area contributed by atoms with Gasteiger partial charge >= 0.3 is 5.97 Å². The van der Waals surface area contributed by atoms with Crippen molar-refractivity contribution < 1.29 is 113 Å². The number of primary amides is 1. The molecule has 7 amide bonds. The van der Waals surface area contributed by atoms with Crippen LogP contribution in [0.2, 0.25) is 10.0 Å². The van der Waals surface area contributed by atoms with Crippen LogP contribution in [0.1, 0.15) is 183 Å². The van der Waals surface area contributed by atoms with Crippen LogP contribution in [0, 0.1) is 18.8 Å². The van der Waals surface area contributed by atoms with E-state index in [2.05, 4.69) is 59.3 Å². The summed E-state index contributed by atoms with van der Waals surface area (Å²) in [5.74, 6) is -16.8. The van der Waals surface area contributed by atoms with Crippen molar-refractivity contribution in [2.45, 2.75) is 235 Å². The molecule has 1 aromatic heterocycles. The lowest BCUT2D eigenvalue weighted by Crippen LogP contribution is -2.65. The molecule has 10 unspecified atom stereocenters. The van der Waals surface area contributed by atoms with Crippen molar-refractivity contribution in [3.8, 4) is 57.1 Å². The Kier molecular flexibility index (Phi) is 30.3. The Morgan fingerprint density at radius 2 is 1.31 bits per heavy atom. The molecule has 35 nitrogen and oxygen atoms in total. The number of carbonyl (C=O) groups is 8. The molecule has 8 heterocycles. The number of aromatic amines is 1. The average Bonchev–Trinajstić information content (AvgIpc) is 0.764. The number of H-pyrrole nitrogens is 1. The molecule has 119 heavy (non-hydrogen) atoms. The predicted molar refractivity (Wildman–Crippen MR) is 430 cm³/mol. The van der Waals surface area contributed by atoms with Gasteiger partial charge in [-0.05, 0) is 123 Å². The number of phenolic OH excluding ortho intramolecular Hbond substituents is 3. The highest BCUT2D eigenvalue weighted by Crippen LogP contribution is 2.50. The fraction of sp³-hybridized carbons (Fsp3) is 0.494. The number of aryl methyl sites for hydroxylation is 1. The first-order valence-electron chi connectivity index (χ1n) is 38.7. The van der Waals surface area contributed by atoms with E-state index in [1.54, 1.807) is 20.8 Å². The van der Waals surface area contributed by atoms with E-state index in [1.807, 2.05) is 13.8 Å². The summed E-state index contributed by atoms with van der Waals surface area (Å²) in [6.45, 7) is 12.7. The van der Waals surface area contributed by atoms with Crippen molar-refractivity contribution in [1.29, 1.82) is 0 Å². The number of aromatic nitrogens is 3. The summed E-state index contributed by atoms with van der Waals surface area (Å²) in [7, 11) is 0. The van der Waals surface area contributed by atoms with Crippen LogP contribution in [0.25, 0.3) is 11.1 Å². The predicted octanol–water partition coefficient (Wildman–Crippen LogP) is 6.15. The third-order valence-electron chi connectivity index (χ3n) is 21.2. The molecular weight excluding hydrogens is 1610 g/mol. The Balaban J connectivity index is 0.0000149. The number of benzene rings is 5. The SMILES string of the molecule is C.CCCCCCCCCCNC1(C)CC(OC2C(Oc3c4cc5cc3Oc3ccc(cc3Cl)[C@@H](O)[C@@H](NC(=O)[C@@H](C)CC(C)C)C(=O)N[C@@H](CC(N)=O)C(=O)N[C@H]5C(=O)NC3C(=O)N[C@H](C(=O)N[C@@H](C(=O)O)c5cc(O)cc(O)c5-c5cc3ccc5O)[C@H](O)c3ccc(c(Cl)c3)O4)OC(CSc3nnc(C)c(=O)[nH]3)C(O)C2O)OC(C)C1O. The number of amides is 7. The molecule has 13 rings (SSSR count). The van der Waals surface area contributed by atoms with E-state index in [0.717, 1.165) is 124 Å². The second-order valence-electron chi connectivity index (χ2n) is 30.8. The summed E-state index contributed by atoms with van der Waals surface area (Å²) < 4.78 is 40.4. The molecule has 6 aromatic rings. The lowest BCUT2D eigenvalue weighted by Gasteiger charge is -2.48. The fourth-order valence-electron chi connectivity index (χ4n) is 14.9. The van der Waals surface area contributed by atoms with Gasteiger partial charge in [-0.3, -0.25) is 43.3 Å². The molecule has 19 N–H and O–H groups in total. The maximum absolute atomic E-state index is 16.3. The van der Waals surface area contributed by atoms with Crippen molar-refractivity contribution in [3.63, 3.8) is 0 Å². The van der Waals surface area contributed by atoms with Crippen molar-refractivity contribution >= 4 is 82.3 Å².